The molecule has 4 rings (SSSR count). The number of benzene rings is 1. The Morgan fingerprint density at radius 1 is 1.00 bits per heavy atom. The van der Waals surface area contributed by atoms with Crippen LogP contribution in [0.5, 0.6) is 0 Å². The number of hydrogen-bond acceptors (Lipinski definition) is 2. The number of halogens is 2. The first-order valence-electron chi connectivity index (χ1n) is 6.91. The third-order valence-corrected chi connectivity index (χ3v) is 5.91. The lowest BCUT2D eigenvalue weighted by Crippen LogP contribution is -2.33. The van der Waals surface area contributed by atoms with Crippen LogP contribution < -0.4 is 4.90 Å². The van der Waals surface area contributed by atoms with E-state index >= 15 is 0 Å². The maximum Gasteiger partial charge on any atom is 0.238 e. The quantitative estimate of drug-likeness (QED) is 0.744. The first kappa shape index (κ1) is 12.7. The van der Waals surface area contributed by atoms with Crippen molar-refractivity contribution in [2.45, 2.75) is 19.3 Å². The van der Waals surface area contributed by atoms with E-state index in [2.05, 4.69) is 0 Å². The average Bonchev–Trinajstić information content (AvgIpc) is 3.09. The van der Waals surface area contributed by atoms with Crippen molar-refractivity contribution in [1.82, 2.24) is 0 Å². The molecule has 5 heteroatoms. The van der Waals surface area contributed by atoms with Crippen LogP contribution in [0.2, 0.25) is 10.0 Å². The van der Waals surface area contributed by atoms with Gasteiger partial charge in [-0.2, -0.15) is 0 Å². The molecule has 1 saturated heterocycles. The number of anilines is 1. The molecule has 1 heterocycles. The van der Waals surface area contributed by atoms with Gasteiger partial charge >= 0.3 is 0 Å². The summed E-state index contributed by atoms with van der Waals surface area (Å²) in [5, 5.41) is 0.646. The highest BCUT2D eigenvalue weighted by Gasteiger charge is 2.61. The van der Waals surface area contributed by atoms with E-state index in [1.165, 1.54) is 4.90 Å². The molecule has 0 radical (unpaired) electrons. The zero-order valence-corrected chi connectivity index (χ0v) is 12.2. The van der Waals surface area contributed by atoms with Crippen LogP contribution in [0.1, 0.15) is 19.3 Å². The Bertz CT molecular complexity index is 602. The van der Waals surface area contributed by atoms with Crippen LogP contribution in [-0.4, -0.2) is 11.8 Å². The third-order valence-electron chi connectivity index (χ3n) is 5.10. The Balaban J connectivity index is 1.79. The number of carbonyl (C=O) groups excluding carboxylic acids is 2. The molecule has 3 aliphatic rings. The van der Waals surface area contributed by atoms with Crippen molar-refractivity contribution in [3.05, 3.63) is 28.2 Å². The van der Waals surface area contributed by atoms with Gasteiger partial charge in [0.1, 0.15) is 0 Å². The Kier molecular flexibility index (Phi) is 2.67. The second-order valence-corrected chi connectivity index (χ2v) is 6.75. The molecule has 0 aromatic heterocycles. The molecule has 2 bridgehead atoms. The Morgan fingerprint density at radius 2 is 1.60 bits per heavy atom. The predicted molar refractivity (Wildman–Crippen MR) is 76.8 cm³/mol. The minimum atomic E-state index is -0.128. The number of nitrogens with zero attached hydrogens (tertiary/aromatic N) is 1. The van der Waals surface area contributed by atoms with Gasteiger partial charge in [0.05, 0.1) is 27.6 Å². The monoisotopic (exact) mass is 309 g/mol. The molecule has 1 aromatic rings. The fraction of sp³-hybridized carbons (Fsp3) is 0.467. The summed E-state index contributed by atoms with van der Waals surface area (Å²) in [5.74, 6) is 0.328. The highest BCUT2D eigenvalue weighted by atomic mass is 35.5. The van der Waals surface area contributed by atoms with Gasteiger partial charge in [0, 0.05) is 0 Å². The molecule has 20 heavy (non-hydrogen) atoms. The molecule has 1 aromatic carbocycles. The Labute approximate surface area is 126 Å². The summed E-state index contributed by atoms with van der Waals surface area (Å²) < 4.78 is 0. The summed E-state index contributed by atoms with van der Waals surface area (Å²) in [6, 6.07) is 5.06. The van der Waals surface area contributed by atoms with Crippen molar-refractivity contribution >= 4 is 40.7 Å². The lowest BCUT2D eigenvalue weighted by atomic mass is 9.81. The molecule has 104 valence electrons. The van der Waals surface area contributed by atoms with Gasteiger partial charge in [0.15, 0.2) is 0 Å². The predicted octanol–water partition coefficient (Wildman–Crippen LogP) is 3.53. The van der Waals surface area contributed by atoms with Crippen molar-refractivity contribution in [2.24, 2.45) is 23.7 Å². The fourth-order valence-corrected chi connectivity index (χ4v) is 4.69. The van der Waals surface area contributed by atoms with Gasteiger partial charge in [-0.15, -0.1) is 0 Å². The van der Waals surface area contributed by atoms with E-state index in [0.717, 1.165) is 19.3 Å². The van der Waals surface area contributed by atoms with Crippen LogP contribution in [-0.2, 0) is 9.59 Å². The Hall–Kier alpha value is -1.06. The lowest BCUT2D eigenvalue weighted by molar-refractivity contribution is -0.123. The van der Waals surface area contributed by atoms with Gasteiger partial charge in [-0.25, -0.2) is 4.90 Å². The topological polar surface area (TPSA) is 37.4 Å². The molecule has 3 fully saturated rings. The molecule has 4 atom stereocenters. The van der Waals surface area contributed by atoms with Crippen molar-refractivity contribution in [2.75, 3.05) is 4.90 Å². The van der Waals surface area contributed by atoms with Gasteiger partial charge in [-0.05, 0) is 43.2 Å². The van der Waals surface area contributed by atoms with E-state index in [4.69, 9.17) is 23.2 Å². The molecule has 2 aliphatic carbocycles. The Morgan fingerprint density at radius 3 is 2.20 bits per heavy atom. The second-order valence-electron chi connectivity index (χ2n) is 5.97. The third kappa shape index (κ3) is 1.48. The number of rotatable bonds is 1. The van der Waals surface area contributed by atoms with Gasteiger partial charge in [0.25, 0.3) is 0 Å². The van der Waals surface area contributed by atoms with Crippen molar-refractivity contribution in [1.29, 1.82) is 0 Å². The largest absolute Gasteiger partial charge is 0.274 e. The zero-order valence-electron chi connectivity index (χ0n) is 10.7. The van der Waals surface area contributed by atoms with Gasteiger partial charge in [-0.3, -0.25) is 9.59 Å². The van der Waals surface area contributed by atoms with E-state index in [-0.39, 0.29) is 28.7 Å². The molecular formula is C15H13Cl2NO2. The molecule has 2 amide bonds. The van der Waals surface area contributed by atoms with Gasteiger partial charge < -0.3 is 0 Å². The number of imide groups is 1. The molecule has 0 unspecified atom stereocenters. The highest BCUT2D eigenvalue weighted by molar-refractivity contribution is 6.44. The van der Waals surface area contributed by atoms with E-state index < -0.39 is 0 Å². The normalized spacial score (nSPS) is 35.0. The zero-order chi connectivity index (χ0) is 14.0. The summed E-state index contributed by atoms with van der Waals surface area (Å²) in [6.45, 7) is 0. The van der Waals surface area contributed by atoms with Crippen molar-refractivity contribution in [3.63, 3.8) is 0 Å². The van der Waals surface area contributed by atoms with Crippen LogP contribution >= 0.6 is 23.2 Å². The van der Waals surface area contributed by atoms with E-state index in [1.54, 1.807) is 18.2 Å². The molecule has 2 saturated carbocycles. The summed E-state index contributed by atoms with van der Waals surface area (Å²) >= 11 is 12.2. The van der Waals surface area contributed by atoms with E-state index in [9.17, 15) is 9.59 Å². The maximum absolute atomic E-state index is 12.7. The highest BCUT2D eigenvalue weighted by Crippen LogP contribution is 2.57. The van der Waals surface area contributed by atoms with Crippen molar-refractivity contribution < 1.29 is 9.59 Å². The first-order chi connectivity index (χ1) is 9.59. The molecular weight excluding hydrogens is 297 g/mol. The lowest BCUT2D eigenvalue weighted by Gasteiger charge is -2.19. The molecule has 0 spiro atoms. The average molecular weight is 310 g/mol. The van der Waals surface area contributed by atoms with Gasteiger partial charge in [-0.1, -0.05) is 29.3 Å². The number of fused-ring (bicyclic) bond motifs is 5. The van der Waals surface area contributed by atoms with Crippen molar-refractivity contribution in [3.8, 4) is 0 Å². The summed E-state index contributed by atoms with van der Waals surface area (Å²) in [4.78, 5) is 26.6. The number of carbonyl (C=O) groups is 2. The van der Waals surface area contributed by atoms with Crippen LogP contribution in [0.4, 0.5) is 5.69 Å². The molecule has 3 nitrogen and oxygen atoms in total. The molecule has 1 aliphatic heterocycles. The minimum Gasteiger partial charge on any atom is -0.274 e. The number of amides is 2. The van der Waals surface area contributed by atoms with Crippen LogP contribution in [0.25, 0.3) is 0 Å². The minimum absolute atomic E-state index is 0.0867. The van der Waals surface area contributed by atoms with E-state index in [0.29, 0.717) is 22.5 Å². The van der Waals surface area contributed by atoms with Gasteiger partial charge in [0.2, 0.25) is 11.8 Å². The van der Waals surface area contributed by atoms with Crippen LogP contribution in [0, 0.1) is 23.7 Å². The maximum atomic E-state index is 12.7. The summed E-state index contributed by atoms with van der Waals surface area (Å²) in [5.41, 5.74) is 0.433. The first-order valence-corrected chi connectivity index (χ1v) is 7.67. The SMILES string of the molecule is O=C1[C@H]2[C@@H]3CC[C@@H](C3)[C@@H]2C(=O)N1c1cccc(Cl)c1Cl. The summed E-state index contributed by atoms with van der Waals surface area (Å²) in [6.07, 6.45) is 3.17. The summed E-state index contributed by atoms with van der Waals surface area (Å²) in [7, 11) is 0. The second kappa shape index (κ2) is 4.22. The smallest absolute Gasteiger partial charge is 0.238 e. The standard InChI is InChI=1S/C15H13Cl2NO2/c16-9-2-1-3-10(13(9)17)18-14(19)11-7-4-5-8(6-7)12(11)15(18)20/h1-3,7-8,11-12H,4-6H2/t7-,8+,11-,12-/m0/s1. The van der Waals surface area contributed by atoms with Crippen LogP contribution in [0.3, 0.4) is 0 Å². The van der Waals surface area contributed by atoms with E-state index in [1.807, 2.05) is 0 Å². The fourth-order valence-electron chi connectivity index (χ4n) is 4.31. The van der Waals surface area contributed by atoms with Crippen LogP contribution in [0.15, 0.2) is 18.2 Å². The molecule has 0 N–H and O–H groups in total. The number of hydrogen-bond donors (Lipinski definition) is 0.